The normalized spacial score (nSPS) is 18.9. The molecule has 0 spiro atoms. The molecule has 0 saturated carbocycles. The number of hydrogen-bond donors (Lipinski definition) is 1. The lowest BCUT2D eigenvalue weighted by atomic mass is 10.1. The summed E-state index contributed by atoms with van der Waals surface area (Å²) in [4.78, 5) is 13.8. The van der Waals surface area contributed by atoms with Crippen molar-refractivity contribution in [2.45, 2.75) is 0 Å². The molecule has 0 bridgehead atoms. The van der Waals surface area contributed by atoms with Gasteiger partial charge in [0.15, 0.2) is 6.73 Å². The van der Waals surface area contributed by atoms with Crippen molar-refractivity contribution in [3.05, 3.63) is 22.7 Å². The van der Waals surface area contributed by atoms with Crippen LogP contribution in [0.1, 0.15) is 10.4 Å². The SMILES string of the molecule is O=C1NCOc2cc(N3CCOCC3)c(Cl)cc21. The maximum absolute atomic E-state index is 11.6. The standard InChI is InChI=1S/C12H13ClN2O3/c13-9-5-8-11(18-7-14-12(8)16)6-10(9)15-1-3-17-4-2-15/h5-6H,1-4,7H2,(H,14,16). The molecule has 1 aromatic rings. The Balaban J connectivity index is 1.98. The molecule has 96 valence electrons. The summed E-state index contributed by atoms with van der Waals surface area (Å²) in [6.45, 7) is 3.18. The maximum atomic E-state index is 11.6. The molecule has 1 fully saturated rings. The topological polar surface area (TPSA) is 50.8 Å². The Morgan fingerprint density at radius 2 is 2.06 bits per heavy atom. The van der Waals surface area contributed by atoms with Gasteiger partial charge >= 0.3 is 0 Å². The Labute approximate surface area is 110 Å². The zero-order chi connectivity index (χ0) is 12.5. The molecule has 0 aromatic heterocycles. The third-order valence-electron chi connectivity index (χ3n) is 3.11. The number of anilines is 1. The summed E-state index contributed by atoms with van der Waals surface area (Å²) in [5.41, 5.74) is 1.39. The highest BCUT2D eigenvalue weighted by molar-refractivity contribution is 6.33. The highest BCUT2D eigenvalue weighted by Gasteiger charge is 2.22. The van der Waals surface area contributed by atoms with E-state index in [2.05, 4.69) is 10.2 Å². The molecule has 2 heterocycles. The first-order chi connectivity index (χ1) is 8.75. The van der Waals surface area contributed by atoms with Gasteiger partial charge in [0.25, 0.3) is 5.91 Å². The Morgan fingerprint density at radius 1 is 1.28 bits per heavy atom. The zero-order valence-corrected chi connectivity index (χ0v) is 10.5. The molecule has 1 amide bonds. The van der Waals surface area contributed by atoms with E-state index in [9.17, 15) is 4.79 Å². The van der Waals surface area contributed by atoms with E-state index in [1.165, 1.54) is 0 Å². The quantitative estimate of drug-likeness (QED) is 0.833. The van der Waals surface area contributed by atoms with Crippen molar-refractivity contribution in [2.75, 3.05) is 37.9 Å². The summed E-state index contributed by atoms with van der Waals surface area (Å²) in [7, 11) is 0. The third-order valence-corrected chi connectivity index (χ3v) is 3.41. The minimum atomic E-state index is -0.147. The van der Waals surface area contributed by atoms with E-state index in [0.717, 1.165) is 18.8 Å². The minimum Gasteiger partial charge on any atom is -0.472 e. The van der Waals surface area contributed by atoms with Crippen LogP contribution in [0.15, 0.2) is 12.1 Å². The lowest BCUT2D eigenvalue weighted by Gasteiger charge is -2.30. The van der Waals surface area contributed by atoms with E-state index >= 15 is 0 Å². The minimum absolute atomic E-state index is 0.147. The molecule has 3 rings (SSSR count). The van der Waals surface area contributed by atoms with Crippen molar-refractivity contribution < 1.29 is 14.3 Å². The monoisotopic (exact) mass is 268 g/mol. The van der Waals surface area contributed by atoms with Crippen molar-refractivity contribution >= 4 is 23.2 Å². The Kier molecular flexibility index (Phi) is 3.01. The number of halogens is 1. The summed E-state index contributed by atoms with van der Waals surface area (Å²) >= 11 is 6.24. The number of carbonyl (C=O) groups excluding carboxylic acids is 1. The molecule has 6 heteroatoms. The Hall–Kier alpha value is -1.46. The number of nitrogens with one attached hydrogen (secondary N) is 1. The lowest BCUT2D eigenvalue weighted by molar-refractivity contribution is 0.0883. The molecule has 2 aliphatic heterocycles. The summed E-state index contributed by atoms with van der Waals surface area (Å²) in [6, 6.07) is 3.50. The van der Waals surface area contributed by atoms with E-state index < -0.39 is 0 Å². The van der Waals surface area contributed by atoms with Gasteiger partial charge in [0.05, 0.1) is 29.5 Å². The highest BCUT2D eigenvalue weighted by Crippen LogP contribution is 2.34. The zero-order valence-electron chi connectivity index (χ0n) is 9.74. The van der Waals surface area contributed by atoms with Crippen molar-refractivity contribution in [3.8, 4) is 5.75 Å². The van der Waals surface area contributed by atoms with Crippen LogP contribution in [0.4, 0.5) is 5.69 Å². The van der Waals surface area contributed by atoms with E-state index in [1.807, 2.05) is 6.07 Å². The van der Waals surface area contributed by atoms with Gasteiger partial charge in [0.1, 0.15) is 5.75 Å². The van der Waals surface area contributed by atoms with E-state index in [-0.39, 0.29) is 12.6 Å². The van der Waals surface area contributed by atoms with Crippen molar-refractivity contribution in [1.82, 2.24) is 5.32 Å². The number of carbonyl (C=O) groups is 1. The van der Waals surface area contributed by atoms with Crippen molar-refractivity contribution in [3.63, 3.8) is 0 Å². The van der Waals surface area contributed by atoms with Gasteiger partial charge in [0.2, 0.25) is 0 Å². The van der Waals surface area contributed by atoms with Crippen LogP contribution in [-0.4, -0.2) is 38.9 Å². The van der Waals surface area contributed by atoms with E-state index in [4.69, 9.17) is 21.1 Å². The van der Waals surface area contributed by atoms with Crippen LogP contribution in [0.3, 0.4) is 0 Å². The van der Waals surface area contributed by atoms with Gasteiger partial charge in [0, 0.05) is 19.2 Å². The molecular weight excluding hydrogens is 256 g/mol. The van der Waals surface area contributed by atoms with Gasteiger partial charge in [-0.05, 0) is 6.07 Å². The van der Waals surface area contributed by atoms with Crippen LogP contribution in [0, 0.1) is 0 Å². The summed E-state index contributed by atoms with van der Waals surface area (Å²) < 4.78 is 10.7. The van der Waals surface area contributed by atoms with E-state index in [1.54, 1.807) is 6.07 Å². The fraction of sp³-hybridized carbons (Fsp3) is 0.417. The third kappa shape index (κ3) is 2.00. The molecule has 2 aliphatic rings. The number of morpholine rings is 1. The van der Waals surface area contributed by atoms with E-state index in [0.29, 0.717) is 29.5 Å². The molecule has 18 heavy (non-hydrogen) atoms. The first-order valence-corrected chi connectivity index (χ1v) is 6.21. The Morgan fingerprint density at radius 3 is 2.83 bits per heavy atom. The average Bonchev–Trinajstić information content (AvgIpc) is 2.40. The van der Waals surface area contributed by atoms with Crippen LogP contribution in [0.5, 0.6) is 5.75 Å². The maximum Gasteiger partial charge on any atom is 0.257 e. The van der Waals surface area contributed by atoms with Gasteiger partial charge in [-0.2, -0.15) is 0 Å². The smallest absolute Gasteiger partial charge is 0.257 e. The predicted molar refractivity (Wildman–Crippen MR) is 67.4 cm³/mol. The lowest BCUT2D eigenvalue weighted by Crippen LogP contribution is -2.37. The molecule has 1 aromatic carbocycles. The average molecular weight is 269 g/mol. The largest absolute Gasteiger partial charge is 0.472 e. The van der Waals surface area contributed by atoms with Gasteiger partial charge in [-0.1, -0.05) is 11.6 Å². The second-order valence-corrected chi connectivity index (χ2v) is 4.60. The predicted octanol–water partition coefficient (Wildman–Crippen LogP) is 1.26. The number of nitrogens with zero attached hydrogens (tertiary/aromatic N) is 1. The van der Waals surface area contributed by atoms with Crippen LogP contribution in [-0.2, 0) is 4.74 Å². The van der Waals surface area contributed by atoms with Crippen LogP contribution < -0.4 is 15.0 Å². The molecule has 5 nitrogen and oxygen atoms in total. The number of amides is 1. The molecule has 0 unspecified atom stereocenters. The fourth-order valence-electron chi connectivity index (χ4n) is 2.16. The molecule has 0 atom stereocenters. The van der Waals surface area contributed by atoms with Crippen LogP contribution >= 0.6 is 11.6 Å². The number of ether oxygens (including phenoxy) is 2. The summed E-state index contributed by atoms with van der Waals surface area (Å²) in [6.07, 6.45) is 0. The molecule has 0 radical (unpaired) electrons. The molecular formula is C12H13ClN2O3. The second-order valence-electron chi connectivity index (χ2n) is 4.19. The fourth-order valence-corrected chi connectivity index (χ4v) is 2.44. The molecule has 1 saturated heterocycles. The van der Waals surface area contributed by atoms with Crippen molar-refractivity contribution in [1.29, 1.82) is 0 Å². The summed E-state index contributed by atoms with van der Waals surface area (Å²) in [5.74, 6) is 0.441. The second kappa shape index (κ2) is 4.66. The Bertz CT molecular complexity index is 486. The van der Waals surface area contributed by atoms with Gasteiger partial charge in [-0.3, -0.25) is 4.79 Å². The van der Waals surface area contributed by atoms with Crippen molar-refractivity contribution in [2.24, 2.45) is 0 Å². The van der Waals surface area contributed by atoms with Gasteiger partial charge < -0.3 is 19.7 Å². The van der Waals surface area contributed by atoms with Crippen LogP contribution in [0.2, 0.25) is 5.02 Å². The summed E-state index contributed by atoms with van der Waals surface area (Å²) in [5, 5.41) is 3.18. The molecule has 0 aliphatic carbocycles. The number of hydrogen-bond acceptors (Lipinski definition) is 4. The number of fused-ring (bicyclic) bond motifs is 1. The van der Waals surface area contributed by atoms with Gasteiger partial charge in [-0.25, -0.2) is 0 Å². The highest BCUT2D eigenvalue weighted by atomic mass is 35.5. The number of benzene rings is 1. The first-order valence-electron chi connectivity index (χ1n) is 5.83. The van der Waals surface area contributed by atoms with Gasteiger partial charge in [-0.15, -0.1) is 0 Å². The number of rotatable bonds is 1. The first kappa shape index (κ1) is 11.6. The molecule has 1 N–H and O–H groups in total. The van der Waals surface area contributed by atoms with Crippen LogP contribution in [0.25, 0.3) is 0 Å².